The van der Waals surface area contributed by atoms with Gasteiger partial charge in [-0.1, -0.05) is 12.1 Å². The number of sulfonamides is 1. The number of hydrogen-bond donors (Lipinski definition) is 1. The van der Waals surface area contributed by atoms with E-state index in [1.165, 1.54) is 28.6 Å². The highest BCUT2D eigenvalue weighted by Gasteiger charge is 2.29. The Hall–Kier alpha value is -1.52. The number of benzene rings is 1. The summed E-state index contributed by atoms with van der Waals surface area (Å²) in [5.74, 6) is -1.10. The summed E-state index contributed by atoms with van der Waals surface area (Å²) >= 11 is 0. The fourth-order valence-electron chi connectivity index (χ4n) is 3.03. The van der Waals surface area contributed by atoms with Gasteiger partial charge in [-0.05, 0) is 30.5 Å². The molecule has 9 heteroatoms. The first-order valence-electron chi connectivity index (χ1n) is 8.62. The smallest absolute Gasteiger partial charge is 0.337 e. The van der Waals surface area contributed by atoms with Gasteiger partial charge in [0.05, 0.1) is 24.2 Å². The standard InChI is InChI=1S/C17H23NO7S/c19-17(20)16(25-14-5-9-23-10-6-14)13-1-3-15(4-2-13)26(21,22)18-7-11-24-12-8-18/h1-4,14,16H,5-12H2,(H,19,20). The van der Waals surface area contributed by atoms with Crippen molar-refractivity contribution in [3.8, 4) is 0 Å². The molecule has 144 valence electrons. The molecule has 0 aliphatic carbocycles. The van der Waals surface area contributed by atoms with E-state index in [9.17, 15) is 18.3 Å². The van der Waals surface area contributed by atoms with Crippen molar-refractivity contribution in [2.75, 3.05) is 39.5 Å². The molecule has 1 N–H and O–H groups in total. The third kappa shape index (κ3) is 4.41. The third-order valence-corrected chi connectivity index (χ3v) is 6.42. The lowest BCUT2D eigenvalue weighted by Crippen LogP contribution is -2.40. The average Bonchev–Trinajstić information content (AvgIpc) is 2.67. The molecule has 1 aromatic rings. The van der Waals surface area contributed by atoms with E-state index in [0.29, 0.717) is 57.9 Å². The zero-order chi connectivity index (χ0) is 18.6. The maximum absolute atomic E-state index is 12.6. The largest absolute Gasteiger partial charge is 0.479 e. The topological polar surface area (TPSA) is 102 Å². The molecule has 0 radical (unpaired) electrons. The molecule has 1 unspecified atom stereocenters. The molecule has 8 nitrogen and oxygen atoms in total. The summed E-state index contributed by atoms with van der Waals surface area (Å²) in [7, 11) is -3.60. The highest BCUT2D eigenvalue weighted by Crippen LogP contribution is 2.26. The summed E-state index contributed by atoms with van der Waals surface area (Å²) in [4.78, 5) is 11.7. The van der Waals surface area contributed by atoms with Gasteiger partial charge in [0.25, 0.3) is 0 Å². The molecule has 0 bridgehead atoms. The lowest BCUT2D eigenvalue weighted by Gasteiger charge is -2.27. The van der Waals surface area contributed by atoms with Crippen molar-refractivity contribution in [1.29, 1.82) is 0 Å². The van der Waals surface area contributed by atoms with Crippen molar-refractivity contribution in [3.63, 3.8) is 0 Å². The second-order valence-corrected chi connectivity index (χ2v) is 8.19. The number of aliphatic carboxylic acids is 1. The molecule has 3 rings (SSSR count). The van der Waals surface area contributed by atoms with Crippen LogP contribution in [0.4, 0.5) is 0 Å². The lowest BCUT2D eigenvalue weighted by atomic mass is 10.1. The minimum atomic E-state index is -3.60. The van der Waals surface area contributed by atoms with Gasteiger partial charge >= 0.3 is 5.97 Å². The van der Waals surface area contributed by atoms with E-state index in [2.05, 4.69) is 0 Å². The van der Waals surface area contributed by atoms with Crippen molar-refractivity contribution in [2.45, 2.75) is 29.9 Å². The zero-order valence-corrected chi connectivity index (χ0v) is 15.2. The van der Waals surface area contributed by atoms with Crippen LogP contribution in [0.25, 0.3) is 0 Å². The van der Waals surface area contributed by atoms with E-state index >= 15 is 0 Å². The molecule has 2 aliphatic rings. The van der Waals surface area contributed by atoms with Crippen molar-refractivity contribution in [2.24, 2.45) is 0 Å². The third-order valence-electron chi connectivity index (χ3n) is 4.51. The summed E-state index contributed by atoms with van der Waals surface area (Å²) in [6.07, 6.45) is -0.0135. The van der Waals surface area contributed by atoms with Crippen LogP contribution in [0.3, 0.4) is 0 Å². The fourth-order valence-corrected chi connectivity index (χ4v) is 4.44. The van der Waals surface area contributed by atoms with Crippen LogP contribution < -0.4 is 0 Å². The van der Waals surface area contributed by atoms with Gasteiger partial charge in [-0.25, -0.2) is 13.2 Å². The molecule has 2 fully saturated rings. The van der Waals surface area contributed by atoms with Gasteiger partial charge in [-0.3, -0.25) is 0 Å². The Balaban J connectivity index is 1.74. The van der Waals surface area contributed by atoms with Gasteiger partial charge in [-0.15, -0.1) is 0 Å². The first-order valence-corrected chi connectivity index (χ1v) is 10.1. The molecule has 26 heavy (non-hydrogen) atoms. The average molecular weight is 385 g/mol. The van der Waals surface area contributed by atoms with Gasteiger partial charge in [0.2, 0.25) is 10.0 Å². The lowest BCUT2D eigenvalue weighted by molar-refractivity contribution is -0.158. The molecule has 2 saturated heterocycles. The van der Waals surface area contributed by atoms with Crippen LogP contribution in [0.2, 0.25) is 0 Å². The molecular weight excluding hydrogens is 362 g/mol. The van der Waals surface area contributed by atoms with Gasteiger partial charge in [0.15, 0.2) is 6.10 Å². The molecule has 1 aromatic carbocycles. The predicted molar refractivity (Wildman–Crippen MR) is 91.3 cm³/mol. The number of carboxylic acid groups (broad SMARTS) is 1. The number of nitrogens with zero attached hydrogens (tertiary/aromatic N) is 1. The van der Waals surface area contributed by atoms with E-state index in [-0.39, 0.29) is 11.0 Å². The van der Waals surface area contributed by atoms with Crippen molar-refractivity contribution in [1.82, 2.24) is 4.31 Å². The summed E-state index contributed by atoms with van der Waals surface area (Å²) in [5.41, 5.74) is 0.421. The van der Waals surface area contributed by atoms with Crippen LogP contribution in [0.15, 0.2) is 29.2 Å². The number of morpholine rings is 1. The molecule has 0 amide bonds. The Morgan fingerprint density at radius 2 is 1.65 bits per heavy atom. The van der Waals surface area contributed by atoms with Crippen LogP contribution in [0.5, 0.6) is 0 Å². The summed E-state index contributed by atoms with van der Waals surface area (Å²) in [5, 5.41) is 9.49. The van der Waals surface area contributed by atoms with E-state index in [1.54, 1.807) is 0 Å². The van der Waals surface area contributed by atoms with Crippen molar-refractivity contribution in [3.05, 3.63) is 29.8 Å². The fraction of sp³-hybridized carbons (Fsp3) is 0.588. The van der Waals surface area contributed by atoms with E-state index in [4.69, 9.17) is 14.2 Å². The Kier molecular flexibility index (Phi) is 6.25. The first kappa shape index (κ1) is 19.2. The first-order chi connectivity index (χ1) is 12.5. The summed E-state index contributed by atoms with van der Waals surface area (Å²) in [6, 6.07) is 5.88. The minimum absolute atomic E-state index is 0.137. The number of rotatable bonds is 6. The highest BCUT2D eigenvalue weighted by atomic mass is 32.2. The molecule has 0 spiro atoms. The van der Waals surface area contributed by atoms with Gasteiger partial charge in [0.1, 0.15) is 0 Å². The van der Waals surface area contributed by atoms with Crippen LogP contribution in [-0.4, -0.2) is 69.4 Å². The molecule has 2 heterocycles. The SMILES string of the molecule is O=C(O)C(OC1CCOCC1)c1ccc(S(=O)(=O)N2CCOCC2)cc1. The van der Waals surface area contributed by atoms with Gasteiger partial charge in [0, 0.05) is 26.3 Å². The number of hydrogen-bond acceptors (Lipinski definition) is 6. The minimum Gasteiger partial charge on any atom is -0.479 e. The van der Waals surface area contributed by atoms with Gasteiger partial charge < -0.3 is 19.3 Å². The predicted octanol–water partition coefficient (Wildman–Crippen LogP) is 1.03. The van der Waals surface area contributed by atoms with Gasteiger partial charge in [-0.2, -0.15) is 4.31 Å². The number of ether oxygens (including phenoxy) is 3. The summed E-state index contributed by atoms with van der Waals surface area (Å²) < 4.78 is 42.8. The zero-order valence-electron chi connectivity index (χ0n) is 14.4. The Labute approximate surface area is 152 Å². The number of carboxylic acids is 1. The van der Waals surface area contributed by atoms with E-state index in [0.717, 1.165) is 0 Å². The number of carbonyl (C=O) groups is 1. The molecule has 0 aromatic heterocycles. The highest BCUT2D eigenvalue weighted by molar-refractivity contribution is 7.89. The second kappa shape index (κ2) is 8.45. The monoisotopic (exact) mass is 385 g/mol. The van der Waals surface area contributed by atoms with Crippen LogP contribution >= 0.6 is 0 Å². The quantitative estimate of drug-likeness (QED) is 0.780. The maximum atomic E-state index is 12.6. The van der Waals surface area contributed by atoms with E-state index in [1.807, 2.05) is 0 Å². The second-order valence-electron chi connectivity index (χ2n) is 6.25. The van der Waals surface area contributed by atoms with Crippen molar-refractivity contribution >= 4 is 16.0 Å². The summed E-state index contributed by atoms with van der Waals surface area (Å²) in [6.45, 7) is 2.47. The maximum Gasteiger partial charge on any atom is 0.337 e. The van der Waals surface area contributed by atoms with Crippen LogP contribution in [-0.2, 0) is 29.0 Å². The Morgan fingerprint density at radius 3 is 2.23 bits per heavy atom. The molecule has 2 aliphatic heterocycles. The van der Waals surface area contributed by atoms with Crippen LogP contribution in [0.1, 0.15) is 24.5 Å². The van der Waals surface area contributed by atoms with E-state index < -0.39 is 22.1 Å². The van der Waals surface area contributed by atoms with Crippen LogP contribution in [0, 0.1) is 0 Å². The Bertz CT molecular complexity index is 707. The molecular formula is C17H23NO7S. The Morgan fingerprint density at radius 1 is 1.08 bits per heavy atom. The molecule has 0 saturated carbocycles. The van der Waals surface area contributed by atoms with Crippen molar-refractivity contribution < 1.29 is 32.5 Å². The molecule has 1 atom stereocenters. The normalized spacial score (nSPS) is 21.4.